The van der Waals surface area contributed by atoms with Gasteiger partial charge in [0.2, 0.25) is 0 Å². The molecule has 0 aromatic heterocycles. The topological polar surface area (TPSA) is 44.5 Å². The average Bonchev–Trinajstić information content (AvgIpc) is 2.80. The lowest BCUT2D eigenvalue weighted by Crippen LogP contribution is -2.49. The Bertz CT molecular complexity index is 506. The van der Waals surface area contributed by atoms with Crippen molar-refractivity contribution in [3.63, 3.8) is 0 Å². The Morgan fingerprint density at radius 3 is 2.41 bits per heavy atom. The van der Waals surface area contributed by atoms with Gasteiger partial charge in [-0.3, -0.25) is 5.43 Å². The summed E-state index contributed by atoms with van der Waals surface area (Å²) in [6.07, 6.45) is 4.99. The van der Waals surface area contributed by atoms with Gasteiger partial charge in [-0.2, -0.15) is 0 Å². The molecule has 1 aliphatic heterocycles. The highest BCUT2D eigenvalue weighted by Gasteiger charge is 2.27. The molecule has 22 heavy (non-hydrogen) atoms. The monoisotopic (exact) mass is 302 g/mol. The summed E-state index contributed by atoms with van der Waals surface area (Å²) < 4.78 is 0. The summed E-state index contributed by atoms with van der Waals surface area (Å²) >= 11 is 0. The molecular formula is C18H30N4. The number of hydrogen-bond donors (Lipinski definition) is 2. The van der Waals surface area contributed by atoms with Crippen LogP contribution in [0.5, 0.6) is 0 Å². The fraction of sp³-hybridized carbons (Fsp3) is 0.556. The number of nitrogens with zero attached hydrogens (tertiary/aromatic N) is 2. The lowest BCUT2D eigenvalue weighted by molar-refractivity contribution is -0.0185. The van der Waals surface area contributed by atoms with Crippen LogP contribution < -0.4 is 11.3 Å². The fourth-order valence-corrected chi connectivity index (χ4v) is 2.85. The number of rotatable bonds is 7. The van der Waals surface area contributed by atoms with Gasteiger partial charge in [0.1, 0.15) is 0 Å². The van der Waals surface area contributed by atoms with Crippen LogP contribution in [-0.4, -0.2) is 16.8 Å². The number of nitrogens with one attached hydrogen (secondary N) is 1. The first kappa shape index (κ1) is 16.8. The van der Waals surface area contributed by atoms with Crippen molar-refractivity contribution in [1.82, 2.24) is 15.7 Å². The van der Waals surface area contributed by atoms with Gasteiger partial charge in [-0.25, -0.2) is 11.0 Å². The SMILES string of the molecule is CCCCC(CC)CN1NC(c2ccc(C)cc2)=C(C)N1N. The summed E-state index contributed by atoms with van der Waals surface area (Å²) in [7, 11) is 0. The van der Waals surface area contributed by atoms with Crippen molar-refractivity contribution in [2.24, 2.45) is 11.8 Å². The van der Waals surface area contributed by atoms with E-state index in [4.69, 9.17) is 5.84 Å². The molecule has 2 rings (SSSR count). The molecule has 1 unspecified atom stereocenters. The Morgan fingerprint density at radius 2 is 1.82 bits per heavy atom. The molecular weight excluding hydrogens is 272 g/mol. The van der Waals surface area contributed by atoms with Crippen LogP contribution in [0.3, 0.4) is 0 Å². The number of benzene rings is 1. The summed E-state index contributed by atoms with van der Waals surface area (Å²) in [6, 6.07) is 8.56. The van der Waals surface area contributed by atoms with Crippen LogP contribution >= 0.6 is 0 Å². The van der Waals surface area contributed by atoms with Crippen LogP contribution in [-0.2, 0) is 0 Å². The minimum atomic E-state index is 0.670. The van der Waals surface area contributed by atoms with Crippen LogP contribution in [0, 0.1) is 12.8 Å². The van der Waals surface area contributed by atoms with Crippen molar-refractivity contribution < 1.29 is 0 Å². The predicted molar refractivity (Wildman–Crippen MR) is 92.9 cm³/mol. The third-order valence-corrected chi connectivity index (χ3v) is 4.52. The van der Waals surface area contributed by atoms with Gasteiger partial charge in [-0.15, -0.1) is 5.12 Å². The number of allylic oxidation sites excluding steroid dienone is 1. The Kier molecular flexibility index (Phi) is 5.86. The zero-order chi connectivity index (χ0) is 16.1. The van der Waals surface area contributed by atoms with E-state index in [0.717, 1.165) is 17.9 Å². The van der Waals surface area contributed by atoms with Crippen LogP contribution in [0.4, 0.5) is 0 Å². The highest BCUT2D eigenvalue weighted by atomic mass is 15.9. The quantitative estimate of drug-likeness (QED) is 0.752. The summed E-state index contributed by atoms with van der Waals surface area (Å²) in [6.45, 7) is 9.62. The molecule has 0 saturated heterocycles. The van der Waals surface area contributed by atoms with E-state index in [0.29, 0.717) is 5.92 Å². The van der Waals surface area contributed by atoms with E-state index < -0.39 is 0 Å². The first-order chi connectivity index (χ1) is 10.6. The van der Waals surface area contributed by atoms with Crippen molar-refractivity contribution in [2.45, 2.75) is 53.4 Å². The molecule has 3 N–H and O–H groups in total. The third-order valence-electron chi connectivity index (χ3n) is 4.52. The van der Waals surface area contributed by atoms with Gasteiger partial charge in [0.15, 0.2) is 0 Å². The van der Waals surface area contributed by atoms with E-state index >= 15 is 0 Å². The number of hydrazine groups is 3. The molecule has 0 amide bonds. The van der Waals surface area contributed by atoms with E-state index in [-0.39, 0.29) is 0 Å². The molecule has 0 saturated carbocycles. The third kappa shape index (κ3) is 3.81. The van der Waals surface area contributed by atoms with E-state index in [1.54, 1.807) is 5.12 Å². The second kappa shape index (κ2) is 7.65. The Labute approximate surface area is 134 Å². The van der Waals surface area contributed by atoms with E-state index in [9.17, 15) is 0 Å². The maximum absolute atomic E-state index is 6.25. The minimum absolute atomic E-state index is 0.670. The predicted octanol–water partition coefficient (Wildman–Crippen LogP) is 3.81. The van der Waals surface area contributed by atoms with Crippen molar-refractivity contribution in [2.75, 3.05) is 6.54 Å². The van der Waals surface area contributed by atoms with Crippen LogP contribution in [0.1, 0.15) is 57.6 Å². The summed E-state index contributed by atoms with van der Waals surface area (Å²) in [5.41, 5.74) is 8.10. The standard InChI is InChI=1S/C18H30N4/c1-5-7-8-16(6-2)13-21-20-18(15(4)22(21)19)17-11-9-14(3)10-12-17/h9-12,16,20H,5-8,13,19H2,1-4H3. The summed E-state index contributed by atoms with van der Waals surface area (Å²) in [5.74, 6) is 6.92. The number of hydrogen-bond acceptors (Lipinski definition) is 4. The van der Waals surface area contributed by atoms with E-state index in [2.05, 4.69) is 57.4 Å². The largest absolute Gasteiger partial charge is 0.298 e. The van der Waals surface area contributed by atoms with E-state index in [1.165, 1.54) is 36.8 Å². The van der Waals surface area contributed by atoms with Gasteiger partial charge < -0.3 is 0 Å². The molecule has 0 fully saturated rings. The summed E-state index contributed by atoms with van der Waals surface area (Å²) in [5, 5.41) is 3.80. The molecule has 122 valence electrons. The zero-order valence-corrected chi connectivity index (χ0v) is 14.4. The number of nitrogens with two attached hydrogens (primary N) is 1. The second-order valence-corrected chi connectivity index (χ2v) is 6.28. The molecule has 1 atom stereocenters. The fourth-order valence-electron chi connectivity index (χ4n) is 2.85. The molecule has 1 aromatic carbocycles. The van der Waals surface area contributed by atoms with Crippen LogP contribution in [0.2, 0.25) is 0 Å². The van der Waals surface area contributed by atoms with Crippen LogP contribution in [0.25, 0.3) is 5.70 Å². The number of aryl methyl sites for hydroxylation is 1. The normalized spacial score (nSPS) is 17.0. The highest BCUT2D eigenvalue weighted by Crippen LogP contribution is 2.26. The van der Waals surface area contributed by atoms with Crippen molar-refractivity contribution in [3.05, 3.63) is 41.1 Å². The van der Waals surface area contributed by atoms with Crippen molar-refractivity contribution in [3.8, 4) is 0 Å². The first-order valence-corrected chi connectivity index (χ1v) is 8.43. The lowest BCUT2D eigenvalue weighted by atomic mass is 9.99. The van der Waals surface area contributed by atoms with Gasteiger partial charge in [0, 0.05) is 12.1 Å². The lowest BCUT2D eigenvalue weighted by Gasteiger charge is -2.29. The van der Waals surface area contributed by atoms with Gasteiger partial charge in [-0.1, -0.05) is 62.9 Å². The Morgan fingerprint density at radius 1 is 1.14 bits per heavy atom. The maximum Gasteiger partial charge on any atom is 0.0800 e. The Hall–Kier alpha value is -1.52. The van der Waals surface area contributed by atoms with Crippen molar-refractivity contribution >= 4 is 5.70 Å². The van der Waals surface area contributed by atoms with Gasteiger partial charge in [0.05, 0.1) is 11.4 Å². The minimum Gasteiger partial charge on any atom is -0.298 e. The molecule has 1 aliphatic rings. The maximum atomic E-state index is 6.25. The van der Waals surface area contributed by atoms with Crippen LogP contribution in [0.15, 0.2) is 30.0 Å². The highest BCUT2D eigenvalue weighted by molar-refractivity contribution is 5.67. The second-order valence-electron chi connectivity index (χ2n) is 6.28. The van der Waals surface area contributed by atoms with Gasteiger partial charge in [0.25, 0.3) is 0 Å². The molecule has 0 radical (unpaired) electrons. The van der Waals surface area contributed by atoms with E-state index in [1.807, 2.05) is 5.12 Å². The molecule has 4 nitrogen and oxygen atoms in total. The smallest absolute Gasteiger partial charge is 0.0800 e. The molecule has 4 heteroatoms. The Balaban J connectivity index is 2.05. The molecule has 0 bridgehead atoms. The summed E-state index contributed by atoms with van der Waals surface area (Å²) in [4.78, 5) is 0. The van der Waals surface area contributed by atoms with Gasteiger partial charge >= 0.3 is 0 Å². The molecule has 0 spiro atoms. The number of unbranched alkanes of at least 4 members (excludes halogenated alkanes) is 1. The zero-order valence-electron chi connectivity index (χ0n) is 14.4. The molecule has 0 aliphatic carbocycles. The average molecular weight is 302 g/mol. The molecule has 1 aromatic rings. The molecule has 1 heterocycles. The van der Waals surface area contributed by atoms with Gasteiger partial charge in [-0.05, 0) is 26.2 Å². The first-order valence-electron chi connectivity index (χ1n) is 8.43. The van der Waals surface area contributed by atoms with Crippen molar-refractivity contribution in [1.29, 1.82) is 0 Å².